The molecule has 0 aliphatic carbocycles. The molecule has 2 unspecified atom stereocenters. The molecule has 0 bridgehead atoms. The maximum Gasteiger partial charge on any atom is 0.334 e. The van der Waals surface area contributed by atoms with Crippen LogP contribution in [-0.4, -0.2) is 34.7 Å². The molecule has 0 saturated carbocycles. The highest BCUT2D eigenvalue weighted by Crippen LogP contribution is 2.01. The Morgan fingerprint density at radius 2 is 2.21 bits per heavy atom. The van der Waals surface area contributed by atoms with Crippen molar-refractivity contribution in [3.63, 3.8) is 0 Å². The summed E-state index contributed by atoms with van der Waals surface area (Å²) in [4.78, 5) is 11.0. The fraction of sp³-hybridized carbons (Fsp3) is 0.667. The van der Waals surface area contributed by atoms with Crippen molar-refractivity contribution in [3.8, 4) is 0 Å². The predicted octanol–water partition coefficient (Wildman–Crippen LogP) is -0.258. The molecular formula is C9H17NO4. The highest BCUT2D eigenvalue weighted by molar-refractivity contribution is 5.87. The Labute approximate surface area is 83.4 Å². The van der Waals surface area contributed by atoms with Crippen molar-refractivity contribution in [2.45, 2.75) is 32.7 Å². The molecule has 5 heteroatoms. The van der Waals surface area contributed by atoms with Gasteiger partial charge in [0.15, 0.2) is 6.23 Å². The molecule has 0 aromatic heterocycles. The van der Waals surface area contributed by atoms with Crippen LogP contribution in [0.3, 0.4) is 0 Å². The summed E-state index contributed by atoms with van der Waals surface area (Å²) in [6.45, 7) is 7.39. The van der Waals surface area contributed by atoms with Crippen LogP contribution < -0.4 is 5.32 Å². The molecule has 0 rings (SSSR count). The molecule has 0 radical (unpaired) electrons. The molecule has 82 valence electrons. The summed E-state index contributed by atoms with van der Waals surface area (Å²) in [5.74, 6) is -0.543. The first-order valence-electron chi connectivity index (χ1n) is 4.26. The quantitative estimate of drug-likeness (QED) is 0.326. The van der Waals surface area contributed by atoms with E-state index in [9.17, 15) is 9.90 Å². The van der Waals surface area contributed by atoms with Crippen molar-refractivity contribution in [1.82, 2.24) is 5.32 Å². The van der Waals surface area contributed by atoms with Crippen LogP contribution in [0.5, 0.6) is 0 Å². The molecule has 0 amide bonds. The number of hydrogen-bond donors (Lipinski definition) is 3. The number of hydrogen-bond acceptors (Lipinski definition) is 5. The summed E-state index contributed by atoms with van der Waals surface area (Å²) in [6, 6.07) is 0. The number of aliphatic hydroxyl groups is 2. The second-order valence-corrected chi connectivity index (χ2v) is 3.40. The van der Waals surface area contributed by atoms with Crippen LogP contribution in [0.25, 0.3) is 0 Å². The van der Waals surface area contributed by atoms with E-state index in [4.69, 9.17) is 9.84 Å². The highest BCUT2D eigenvalue weighted by atomic mass is 16.6. The van der Waals surface area contributed by atoms with Crippen LogP contribution >= 0.6 is 0 Å². The van der Waals surface area contributed by atoms with E-state index in [1.807, 2.05) is 0 Å². The van der Waals surface area contributed by atoms with Crippen molar-refractivity contribution in [2.75, 3.05) is 6.61 Å². The monoisotopic (exact) mass is 203 g/mol. The average molecular weight is 203 g/mol. The first-order valence-corrected chi connectivity index (χ1v) is 4.26. The predicted molar refractivity (Wildman–Crippen MR) is 51.2 cm³/mol. The number of carbonyl (C=O) groups is 1. The van der Waals surface area contributed by atoms with E-state index in [1.54, 1.807) is 6.92 Å². The summed E-state index contributed by atoms with van der Waals surface area (Å²) in [7, 11) is 0. The largest absolute Gasteiger partial charge is 0.443 e. The first kappa shape index (κ1) is 13.1. The normalized spacial score (nSPS) is 16.9. The Morgan fingerprint density at radius 3 is 2.57 bits per heavy atom. The summed E-state index contributed by atoms with van der Waals surface area (Å²) in [5, 5.41) is 20.6. The third-order valence-corrected chi connectivity index (χ3v) is 1.45. The molecular weight excluding hydrogens is 186 g/mol. The molecule has 0 heterocycles. The van der Waals surface area contributed by atoms with Crippen molar-refractivity contribution in [2.24, 2.45) is 0 Å². The van der Waals surface area contributed by atoms with Gasteiger partial charge < -0.3 is 14.9 Å². The SMILES string of the molecule is C=C(C)C(=O)OC(C)NC(C)(O)CO. The lowest BCUT2D eigenvalue weighted by molar-refractivity contribution is -0.150. The number of ether oxygens (including phenoxy) is 1. The summed E-state index contributed by atoms with van der Waals surface area (Å²) >= 11 is 0. The van der Waals surface area contributed by atoms with Gasteiger partial charge in [0, 0.05) is 5.57 Å². The van der Waals surface area contributed by atoms with Gasteiger partial charge in [-0.25, -0.2) is 4.79 Å². The topological polar surface area (TPSA) is 78.8 Å². The number of nitrogens with one attached hydrogen (secondary N) is 1. The number of aliphatic hydroxyl groups excluding tert-OH is 1. The maximum absolute atomic E-state index is 11.0. The van der Waals surface area contributed by atoms with Crippen molar-refractivity contribution >= 4 is 5.97 Å². The minimum absolute atomic E-state index is 0.280. The molecule has 2 atom stereocenters. The lowest BCUT2D eigenvalue weighted by Gasteiger charge is -2.26. The number of esters is 1. The molecule has 0 spiro atoms. The molecule has 0 aromatic carbocycles. The molecule has 3 N–H and O–H groups in total. The maximum atomic E-state index is 11.0. The fourth-order valence-corrected chi connectivity index (χ4v) is 0.774. The summed E-state index contributed by atoms with van der Waals surface area (Å²) in [6.07, 6.45) is -0.693. The van der Waals surface area contributed by atoms with E-state index in [0.29, 0.717) is 0 Å². The van der Waals surface area contributed by atoms with Crippen LogP contribution in [0.15, 0.2) is 12.2 Å². The van der Waals surface area contributed by atoms with Crippen LogP contribution in [0, 0.1) is 0 Å². The Bertz CT molecular complexity index is 225. The molecule has 14 heavy (non-hydrogen) atoms. The summed E-state index contributed by atoms with van der Waals surface area (Å²) < 4.78 is 4.83. The minimum Gasteiger partial charge on any atom is -0.443 e. The zero-order valence-electron chi connectivity index (χ0n) is 8.70. The van der Waals surface area contributed by atoms with Crippen molar-refractivity contribution in [3.05, 3.63) is 12.2 Å². The van der Waals surface area contributed by atoms with Gasteiger partial charge in [0.25, 0.3) is 0 Å². The highest BCUT2D eigenvalue weighted by Gasteiger charge is 2.22. The zero-order chi connectivity index (χ0) is 11.4. The smallest absolute Gasteiger partial charge is 0.334 e. The van der Waals surface area contributed by atoms with Crippen molar-refractivity contribution in [1.29, 1.82) is 0 Å². The molecule has 0 aliphatic rings. The van der Waals surface area contributed by atoms with Gasteiger partial charge in [-0.2, -0.15) is 0 Å². The van der Waals surface area contributed by atoms with Gasteiger partial charge in [0.1, 0.15) is 5.72 Å². The Kier molecular flexibility index (Phi) is 4.76. The Morgan fingerprint density at radius 1 is 1.71 bits per heavy atom. The van der Waals surface area contributed by atoms with E-state index in [0.717, 1.165) is 0 Å². The van der Waals surface area contributed by atoms with Gasteiger partial charge in [0.2, 0.25) is 0 Å². The van der Waals surface area contributed by atoms with Gasteiger partial charge in [-0.3, -0.25) is 5.32 Å². The summed E-state index contributed by atoms with van der Waals surface area (Å²) in [5.41, 5.74) is -1.18. The first-order chi connectivity index (χ1) is 6.28. The van der Waals surface area contributed by atoms with E-state index in [-0.39, 0.29) is 5.57 Å². The van der Waals surface area contributed by atoms with E-state index in [1.165, 1.54) is 13.8 Å². The molecule has 5 nitrogen and oxygen atoms in total. The molecule has 0 aliphatic heterocycles. The van der Waals surface area contributed by atoms with Crippen LogP contribution in [-0.2, 0) is 9.53 Å². The number of carbonyl (C=O) groups excluding carboxylic acids is 1. The number of rotatable bonds is 5. The third-order valence-electron chi connectivity index (χ3n) is 1.45. The lowest BCUT2D eigenvalue weighted by atomic mass is 10.3. The van der Waals surface area contributed by atoms with Crippen LogP contribution in [0.1, 0.15) is 20.8 Å². The van der Waals surface area contributed by atoms with E-state index >= 15 is 0 Å². The second kappa shape index (κ2) is 5.09. The lowest BCUT2D eigenvalue weighted by Crippen LogP contribution is -2.51. The van der Waals surface area contributed by atoms with E-state index in [2.05, 4.69) is 11.9 Å². The van der Waals surface area contributed by atoms with Gasteiger partial charge in [-0.15, -0.1) is 0 Å². The van der Waals surface area contributed by atoms with Gasteiger partial charge >= 0.3 is 5.97 Å². The Balaban J connectivity index is 4.05. The minimum atomic E-state index is -1.46. The van der Waals surface area contributed by atoms with Crippen LogP contribution in [0.4, 0.5) is 0 Å². The van der Waals surface area contributed by atoms with Crippen molar-refractivity contribution < 1.29 is 19.7 Å². The molecule has 0 saturated heterocycles. The second-order valence-electron chi connectivity index (χ2n) is 3.40. The molecule has 0 fully saturated rings. The standard InChI is InChI=1S/C9H17NO4/c1-6(2)8(12)14-7(3)10-9(4,13)5-11/h7,10-11,13H,1,5H2,2-4H3. The fourth-order valence-electron chi connectivity index (χ4n) is 0.774. The average Bonchev–Trinajstić information content (AvgIpc) is 2.02. The molecule has 0 aromatic rings. The van der Waals surface area contributed by atoms with Gasteiger partial charge in [0.05, 0.1) is 6.61 Å². The zero-order valence-corrected chi connectivity index (χ0v) is 8.70. The van der Waals surface area contributed by atoms with E-state index < -0.39 is 24.5 Å². The Hall–Kier alpha value is -0.910. The third kappa shape index (κ3) is 4.96. The van der Waals surface area contributed by atoms with Crippen LogP contribution in [0.2, 0.25) is 0 Å². The van der Waals surface area contributed by atoms with Gasteiger partial charge in [-0.1, -0.05) is 6.58 Å². The van der Waals surface area contributed by atoms with Gasteiger partial charge in [-0.05, 0) is 20.8 Å².